The van der Waals surface area contributed by atoms with Gasteiger partial charge in [0, 0.05) is 48.3 Å². The number of fused-ring (bicyclic) bond motifs is 1. The van der Waals surface area contributed by atoms with Crippen LogP contribution in [0.1, 0.15) is 23.2 Å². The number of hydrogen-bond donors (Lipinski definition) is 9. The number of nitrogens with zero attached hydrogens (tertiary/aromatic N) is 1. The van der Waals surface area contributed by atoms with Crippen LogP contribution in [-0.2, 0) is 43.2 Å². The molecule has 0 saturated heterocycles. The number of carboxylic acids is 1. The predicted octanol–water partition coefficient (Wildman–Crippen LogP) is -0.634. The summed E-state index contributed by atoms with van der Waals surface area (Å²) < 4.78 is 0. The van der Waals surface area contributed by atoms with Gasteiger partial charge in [0.05, 0.1) is 18.8 Å². The number of hydrogen-bond acceptors (Lipinski definition) is 8. The molecule has 0 fully saturated rings. The molecule has 4 atom stereocenters. The van der Waals surface area contributed by atoms with Crippen LogP contribution < -0.4 is 27.4 Å². The van der Waals surface area contributed by atoms with Crippen LogP contribution in [0.3, 0.4) is 0 Å². The predicted molar refractivity (Wildman–Crippen MR) is 161 cm³/mol. The highest BCUT2D eigenvalue weighted by Gasteiger charge is 2.32. The molecule has 0 saturated carbocycles. The first-order valence-corrected chi connectivity index (χ1v) is 14.0. The van der Waals surface area contributed by atoms with Crippen molar-refractivity contribution in [2.75, 3.05) is 0 Å². The quantitative estimate of drug-likeness (QED) is 0.0820. The van der Waals surface area contributed by atoms with Gasteiger partial charge in [-0.05, 0) is 29.3 Å². The van der Waals surface area contributed by atoms with Crippen molar-refractivity contribution in [3.05, 3.63) is 84.1 Å². The van der Waals surface area contributed by atoms with Gasteiger partial charge in [-0.3, -0.25) is 19.2 Å². The van der Waals surface area contributed by atoms with Crippen molar-refractivity contribution >= 4 is 40.5 Å². The molecular weight excluding hydrogens is 584 g/mol. The SMILES string of the molecule is NC(=O)CC(NC(=O)C(N)Cc1cnc[nH]1)C(=O)NC(Cc1c[nH]c2ccccc12)C(=O)NC(Cc1ccc(O)cc1)C(=O)O. The molecule has 11 N–H and O–H groups in total. The Kier molecular flexibility index (Phi) is 10.5. The summed E-state index contributed by atoms with van der Waals surface area (Å²) in [4.78, 5) is 73.6. The third kappa shape index (κ3) is 8.90. The fourth-order valence-corrected chi connectivity index (χ4v) is 4.76. The lowest BCUT2D eigenvalue weighted by atomic mass is 10.0. The molecule has 4 unspecified atom stereocenters. The smallest absolute Gasteiger partial charge is 0.326 e. The van der Waals surface area contributed by atoms with Gasteiger partial charge in [-0.15, -0.1) is 0 Å². The van der Waals surface area contributed by atoms with E-state index in [0.717, 1.165) is 10.9 Å². The Labute approximate surface area is 256 Å². The maximum atomic E-state index is 13.6. The number of imidazole rings is 1. The molecule has 15 heteroatoms. The Hall–Kier alpha value is -5.70. The minimum Gasteiger partial charge on any atom is -0.508 e. The van der Waals surface area contributed by atoms with E-state index < -0.39 is 60.2 Å². The fourth-order valence-electron chi connectivity index (χ4n) is 4.76. The number of phenolic OH excluding ortho intramolecular Hbond substituents is 1. The van der Waals surface area contributed by atoms with E-state index in [1.807, 2.05) is 18.2 Å². The van der Waals surface area contributed by atoms with E-state index in [1.54, 1.807) is 12.3 Å². The molecule has 15 nitrogen and oxygen atoms in total. The number of aliphatic carboxylic acids is 1. The first kappa shape index (κ1) is 32.2. The second kappa shape index (κ2) is 14.7. The average Bonchev–Trinajstić information content (AvgIpc) is 3.66. The normalized spacial score (nSPS) is 13.7. The number of primary amides is 1. The minimum absolute atomic E-state index is 0.00367. The second-order valence-corrected chi connectivity index (χ2v) is 10.5. The molecule has 0 aliphatic carbocycles. The highest BCUT2D eigenvalue weighted by Crippen LogP contribution is 2.20. The molecule has 0 radical (unpaired) electrons. The molecule has 0 bridgehead atoms. The molecule has 236 valence electrons. The lowest BCUT2D eigenvalue weighted by Gasteiger charge is -2.25. The number of aromatic hydroxyl groups is 1. The Morgan fingerprint density at radius 2 is 1.49 bits per heavy atom. The maximum Gasteiger partial charge on any atom is 0.326 e. The van der Waals surface area contributed by atoms with E-state index in [1.165, 1.54) is 36.8 Å². The lowest BCUT2D eigenvalue weighted by Crippen LogP contribution is -2.58. The van der Waals surface area contributed by atoms with Crippen LogP contribution in [0.4, 0.5) is 0 Å². The molecule has 4 amide bonds. The summed E-state index contributed by atoms with van der Waals surface area (Å²) in [6.07, 6.45) is 3.88. The van der Waals surface area contributed by atoms with Crippen LogP contribution in [0.25, 0.3) is 10.9 Å². The van der Waals surface area contributed by atoms with E-state index in [2.05, 4.69) is 30.9 Å². The number of aromatic amines is 2. The first-order chi connectivity index (χ1) is 21.5. The summed E-state index contributed by atoms with van der Waals surface area (Å²) in [5.41, 5.74) is 13.9. The molecule has 2 aromatic heterocycles. The van der Waals surface area contributed by atoms with Gasteiger partial charge in [0.1, 0.15) is 23.9 Å². The van der Waals surface area contributed by atoms with Crippen LogP contribution in [0.15, 0.2) is 67.3 Å². The van der Waals surface area contributed by atoms with E-state index in [4.69, 9.17) is 11.5 Å². The minimum atomic E-state index is -1.48. The van der Waals surface area contributed by atoms with Crippen molar-refractivity contribution in [2.45, 2.75) is 49.9 Å². The van der Waals surface area contributed by atoms with Gasteiger partial charge in [0.25, 0.3) is 0 Å². The summed E-state index contributed by atoms with van der Waals surface area (Å²) in [6, 6.07) is 7.82. The van der Waals surface area contributed by atoms with Gasteiger partial charge in [-0.1, -0.05) is 30.3 Å². The number of aromatic nitrogens is 3. The van der Waals surface area contributed by atoms with Crippen LogP contribution in [0.2, 0.25) is 0 Å². The molecule has 45 heavy (non-hydrogen) atoms. The standard InChI is InChI=1S/C30H34N8O7/c31-21(11-18-14-33-15-35-18)27(41)36-24(12-26(32)40)29(43)37-23(10-17-13-34-22-4-2-1-3-20(17)22)28(42)38-25(30(44)45)9-16-5-7-19(39)8-6-16/h1-8,13-15,21,23-25,34,39H,9-12,31H2,(H2,32,40)(H,33,35)(H,36,41)(H,37,43)(H,38,42)(H,44,45). The summed E-state index contributed by atoms with van der Waals surface area (Å²) >= 11 is 0. The highest BCUT2D eigenvalue weighted by molar-refractivity contribution is 5.96. The Bertz CT molecular complexity index is 1650. The Morgan fingerprint density at radius 1 is 0.822 bits per heavy atom. The molecule has 2 aromatic carbocycles. The number of amides is 4. The summed E-state index contributed by atoms with van der Waals surface area (Å²) in [5, 5.41) is 27.6. The zero-order chi connectivity index (χ0) is 32.5. The number of nitrogens with two attached hydrogens (primary N) is 2. The summed E-state index contributed by atoms with van der Waals surface area (Å²) in [7, 11) is 0. The van der Waals surface area contributed by atoms with Crippen molar-refractivity contribution in [1.82, 2.24) is 30.9 Å². The van der Waals surface area contributed by atoms with Crippen molar-refractivity contribution < 1.29 is 34.2 Å². The van der Waals surface area contributed by atoms with Crippen LogP contribution in [-0.4, -0.2) is 78.9 Å². The van der Waals surface area contributed by atoms with E-state index >= 15 is 0 Å². The summed E-state index contributed by atoms with van der Waals surface area (Å²) in [5.74, 6) is -4.69. The molecule has 0 spiro atoms. The number of H-pyrrole nitrogens is 2. The Balaban J connectivity index is 1.55. The van der Waals surface area contributed by atoms with Crippen LogP contribution in [0, 0.1) is 0 Å². The van der Waals surface area contributed by atoms with Crippen molar-refractivity contribution in [1.29, 1.82) is 0 Å². The zero-order valence-corrected chi connectivity index (χ0v) is 24.0. The van der Waals surface area contributed by atoms with Gasteiger partial charge in [-0.2, -0.15) is 0 Å². The van der Waals surface area contributed by atoms with E-state index in [9.17, 15) is 34.2 Å². The maximum absolute atomic E-state index is 13.6. The third-order valence-electron chi connectivity index (χ3n) is 7.09. The number of rotatable bonds is 15. The second-order valence-electron chi connectivity index (χ2n) is 10.5. The number of carbonyl (C=O) groups is 5. The van der Waals surface area contributed by atoms with Crippen molar-refractivity contribution in [3.8, 4) is 5.75 Å². The molecule has 4 aromatic rings. The molecule has 2 heterocycles. The fraction of sp³-hybridized carbons (Fsp3) is 0.267. The van der Waals surface area contributed by atoms with E-state index in [-0.39, 0.29) is 25.0 Å². The van der Waals surface area contributed by atoms with Crippen LogP contribution >= 0.6 is 0 Å². The molecular formula is C30H34N8O7. The monoisotopic (exact) mass is 618 g/mol. The number of nitrogens with one attached hydrogen (secondary N) is 5. The number of carbonyl (C=O) groups excluding carboxylic acids is 4. The van der Waals surface area contributed by atoms with Crippen LogP contribution in [0.5, 0.6) is 5.75 Å². The van der Waals surface area contributed by atoms with Gasteiger partial charge < -0.3 is 47.6 Å². The van der Waals surface area contributed by atoms with Gasteiger partial charge >= 0.3 is 5.97 Å². The highest BCUT2D eigenvalue weighted by atomic mass is 16.4. The third-order valence-corrected chi connectivity index (χ3v) is 7.09. The van der Waals surface area contributed by atoms with Crippen molar-refractivity contribution in [2.24, 2.45) is 11.5 Å². The molecule has 4 rings (SSSR count). The number of phenols is 1. The molecule has 0 aliphatic rings. The summed E-state index contributed by atoms with van der Waals surface area (Å²) in [6.45, 7) is 0. The van der Waals surface area contributed by atoms with Gasteiger partial charge in [0.15, 0.2) is 0 Å². The number of para-hydroxylation sites is 1. The van der Waals surface area contributed by atoms with E-state index in [0.29, 0.717) is 16.8 Å². The average molecular weight is 619 g/mol. The number of benzene rings is 2. The zero-order valence-electron chi connectivity index (χ0n) is 24.0. The van der Waals surface area contributed by atoms with Gasteiger partial charge in [0.2, 0.25) is 23.6 Å². The Morgan fingerprint density at radius 3 is 2.16 bits per heavy atom. The number of carboxylic acid groups (broad SMARTS) is 1. The molecule has 0 aliphatic heterocycles. The largest absolute Gasteiger partial charge is 0.508 e. The van der Waals surface area contributed by atoms with Crippen molar-refractivity contribution in [3.63, 3.8) is 0 Å². The lowest BCUT2D eigenvalue weighted by molar-refractivity contribution is -0.142. The first-order valence-electron chi connectivity index (χ1n) is 14.0. The topological polar surface area (TPSA) is 258 Å². The van der Waals surface area contributed by atoms with Gasteiger partial charge in [-0.25, -0.2) is 9.78 Å².